The average Bonchev–Trinajstić information content (AvgIpc) is 2.49. The van der Waals surface area contributed by atoms with Gasteiger partial charge in [-0.3, -0.25) is 0 Å². The van der Waals surface area contributed by atoms with E-state index in [2.05, 4.69) is 32.0 Å². The number of benzene rings is 1. The summed E-state index contributed by atoms with van der Waals surface area (Å²) < 4.78 is 0. The van der Waals surface area contributed by atoms with Crippen LogP contribution < -0.4 is 0 Å². The van der Waals surface area contributed by atoms with Crippen LogP contribution in [0.25, 0.3) is 0 Å². The summed E-state index contributed by atoms with van der Waals surface area (Å²) in [7, 11) is 0. The van der Waals surface area contributed by atoms with Crippen LogP contribution in [0, 0.1) is 0 Å². The fourth-order valence-corrected chi connectivity index (χ4v) is 2.77. The quantitative estimate of drug-likeness (QED) is 0.386. The van der Waals surface area contributed by atoms with E-state index in [4.69, 9.17) is 19.6 Å². The standard InChI is InChI=1S/C23H40O4/c1-16(2)17-14-13-15-18(22(9,10)26-24-20(3,4)5)19(17)23(11,12)27-25-21(6,7)8/h13-16H,1-12H3. The molecule has 0 aromatic heterocycles. The topological polar surface area (TPSA) is 36.9 Å². The molecule has 0 atom stereocenters. The molecule has 0 aliphatic heterocycles. The molecule has 4 heteroatoms. The third-order valence-corrected chi connectivity index (χ3v) is 3.97. The second kappa shape index (κ2) is 8.20. The molecule has 1 aromatic carbocycles. The molecule has 27 heavy (non-hydrogen) atoms. The lowest BCUT2D eigenvalue weighted by Crippen LogP contribution is -2.35. The molecule has 0 aliphatic carbocycles. The first kappa shape index (κ1) is 24.1. The first-order valence-electron chi connectivity index (χ1n) is 9.84. The van der Waals surface area contributed by atoms with Crippen LogP contribution in [-0.4, -0.2) is 11.2 Å². The van der Waals surface area contributed by atoms with Crippen LogP contribution in [0.4, 0.5) is 0 Å². The minimum absolute atomic E-state index is 0.330. The Morgan fingerprint density at radius 3 is 1.48 bits per heavy atom. The molecule has 0 heterocycles. The maximum atomic E-state index is 5.96. The highest BCUT2D eigenvalue weighted by Crippen LogP contribution is 2.41. The second-order valence-electron chi connectivity index (χ2n) is 10.5. The monoisotopic (exact) mass is 380 g/mol. The lowest BCUT2D eigenvalue weighted by molar-refractivity contribution is -0.407. The van der Waals surface area contributed by atoms with Crippen LogP contribution in [-0.2, 0) is 30.8 Å². The predicted octanol–water partition coefficient (Wildman–Crippen LogP) is 6.77. The van der Waals surface area contributed by atoms with Crippen molar-refractivity contribution in [2.45, 2.75) is 111 Å². The Morgan fingerprint density at radius 2 is 1.07 bits per heavy atom. The van der Waals surface area contributed by atoms with Gasteiger partial charge in [-0.05, 0) is 91.8 Å². The molecule has 0 bridgehead atoms. The van der Waals surface area contributed by atoms with Gasteiger partial charge < -0.3 is 0 Å². The normalized spacial score (nSPS) is 14.1. The van der Waals surface area contributed by atoms with E-state index in [0.717, 1.165) is 11.1 Å². The molecule has 0 aliphatic rings. The average molecular weight is 381 g/mol. The second-order valence-corrected chi connectivity index (χ2v) is 10.5. The van der Waals surface area contributed by atoms with E-state index < -0.39 is 22.4 Å². The summed E-state index contributed by atoms with van der Waals surface area (Å²) >= 11 is 0. The molecule has 1 aromatic rings. The van der Waals surface area contributed by atoms with Gasteiger partial charge >= 0.3 is 0 Å². The summed E-state index contributed by atoms with van der Waals surface area (Å²) in [6.45, 7) is 24.3. The van der Waals surface area contributed by atoms with Crippen molar-refractivity contribution in [1.29, 1.82) is 0 Å². The fraction of sp³-hybridized carbons (Fsp3) is 0.739. The highest BCUT2D eigenvalue weighted by Gasteiger charge is 2.37. The molecule has 4 nitrogen and oxygen atoms in total. The lowest BCUT2D eigenvalue weighted by atomic mass is 9.79. The van der Waals surface area contributed by atoms with E-state index >= 15 is 0 Å². The predicted molar refractivity (Wildman–Crippen MR) is 110 cm³/mol. The van der Waals surface area contributed by atoms with Crippen molar-refractivity contribution < 1.29 is 19.6 Å². The van der Waals surface area contributed by atoms with Gasteiger partial charge in [-0.25, -0.2) is 19.6 Å². The highest BCUT2D eigenvalue weighted by molar-refractivity contribution is 5.43. The van der Waals surface area contributed by atoms with Gasteiger partial charge in [0.1, 0.15) is 11.2 Å². The molecule has 0 unspecified atom stereocenters. The van der Waals surface area contributed by atoms with Crippen LogP contribution in [0.15, 0.2) is 18.2 Å². The van der Waals surface area contributed by atoms with Crippen LogP contribution in [0.2, 0.25) is 0 Å². The molecular formula is C23H40O4. The van der Waals surface area contributed by atoms with Crippen molar-refractivity contribution in [2.24, 2.45) is 0 Å². The first-order valence-corrected chi connectivity index (χ1v) is 9.84. The van der Waals surface area contributed by atoms with Gasteiger partial charge in [0, 0.05) is 0 Å². The molecule has 0 amide bonds. The summed E-state index contributed by atoms with van der Waals surface area (Å²) in [5, 5.41) is 0. The van der Waals surface area contributed by atoms with E-state index in [1.807, 2.05) is 69.2 Å². The van der Waals surface area contributed by atoms with Crippen LogP contribution in [0.3, 0.4) is 0 Å². The van der Waals surface area contributed by atoms with E-state index in [1.54, 1.807) is 0 Å². The molecule has 0 radical (unpaired) electrons. The van der Waals surface area contributed by atoms with Crippen LogP contribution >= 0.6 is 0 Å². The largest absolute Gasteiger partial charge is 0.230 e. The van der Waals surface area contributed by atoms with Crippen molar-refractivity contribution in [3.8, 4) is 0 Å². The third-order valence-electron chi connectivity index (χ3n) is 3.97. The Kier molecular flexibility index (Phi) is 7.32. The summed E-state index contributed by atoms with van der Waals surface area (Å²) in [5.74, 6) is 0.330. The molecular weight excluding hydrogens is 340 g/mol. The van der Waals surface area contributed by atoms with Crippen LogP contribution in [0.1, 0.15) is 106 Å². The van der Waals surface area contributed by atoms with Crippen molar-refractivity contribution in [1.82, 2.24) is 0 Å². The highest BCUT2D eigenvalue weighted by atomic mass is 17.2. The zero-order valence-corrected chi connectivity index (χ0v) is 19.4. The molecule has 0 fully saturated rings. The third kappa shape index (κ3) is 7.19. The summed E-state index contributed by atoms with van der Waals surface area (Å²) in [6, 6.07) is 6.29. The van der Waals surface area contributed by atoms with Crippen molar-refractivity contribution in [3.05, 3.63) is 34.9 Å². The number of hydrogen-bond acceptors (Lipinski definition) is 4. The van der Waals surface area contributed by atoms with E-state index in [-0.39, 0.29) is 0 Å². The Bertz CT molecular complexity index is 616. The van der Waals surface area contributed by atoms with Gasteiger partial charge in [0.2, 0.25) is 0 Å². The van der Waals surface area contributed by atoms with Crippen molar-refractivity contribution in [3.63, 3.8) is 0 Å². The Morgan fingerprint density at radius 1 is 0.630 bits per heavy atom. The SMILES string of the molecule is CC(C)c1cccc(C(C)(C)OOC(C)(C)C)c1C(C)(C)OOC(C)(C)C. The Balaban J connectivity index is 3.43. The summed E-state index contributed by atoms with van der Waals surface area (Å²) in [4.78, 5) is 23.2. The molecule has 0 N–H and O–H groups in total. The van der Waals surface area contributed by atoms with Gasteiger partial charge in [-0.1, -0.05) is 32.0 Å². The zero-order chi connectivity index (χ0) is 21.3. The van der Waals surface area contributed by atoms with Gasteiger partial charge in [-0.2, -0.15) is 0 Å². The zero-order valence-electron chi connectivity index (χ0n) is 19.4. The van der Waals surface area contributed by atoms with E-state index in [0.29, 0.717) is 5.92 Å². The fourth-order valence-electron chi connectivity index (χ4n) is 2.77. The van der Waals surface area contributed by atoms with Crippen molar-refractivity contribution in [2.75, 3.05) is 0 Å². The molecule has 0 saturated heterocycles. The summed E-state index contributed by atoms with van der Waals surface area (Å²) in [6.07, 6.45) is 0. The van der Waals surface area contributed by atoms with Crippen molar-refractivity contribution >= 4 is 0 Å². The minimum Gasteiger partial charge on any atom is -0.230 e. The molecule has 156 valence electrons. The Hall–Kier alpha value is -0.940. The lowest BCUT2D eigenvalue weighted by Gasteiger charge is -2.37. The molecule has 0 spiro atoms. The Labute approximate surface area is 166 Å². The van der Waals surface area contributed by atoms with Gasteiger partial charge in [-0.15, -0.1) is 0 Å². The summed E-state index contributed by atoms with van der Waals surface area (Å²) in [5.41, 5.74) is 1.21. The van der Waals surface area contributed by atoms with Gasteiger partial charge in [0.15, 0.2) is 0 Å². The number of rotatable bonds is 7. The maximum absolute atomic E-state index is 5.96. The van der Waals surface area contributed by atoms with Gasteiger partial charge in [0.05, 0.1) is 11.2 Å². The van der Waals surface area contributed by atoms with Gasteiger partial charge in [0.25, 0.3) is 0 Å². The van der Waals surface area contributed by atoms with E-state index in [9.17, 15) is 0 Å². The smallest absolute Gasteiger partial charge is 0.124 e. The molecule has 0 saturated carbocycles. The number of hydrogen-bond donors (Lipinski definition) is 0. The minimum atomic E-state index is -0.661. The van der Waals surface area contributed by atoms with Crippen LogP contribution in [0.5, 0.6) is 0 Å². The maximum Gasteiger partial charge on any atom is 0.124 e. The first-order chi connectivity index (χ1) is 12.0. The molecule has 1 rings (SSSR count). The van der Waals surface area contributed by atoms with E-state index in [1.165, 1.54) is 5.56 Å².